The first-order chi connectivity index (χ1) is 17.4. The van der Waals surface area contributed by atoms with Crippen molar-refractivity contribution in [3.05, 3.63) is 52.0 Å². The van der Waals surface area contributed by atoms with Crippen molar-refractivity contribution < 1.29 is 27.5 Å². The van der Waals surface area contributed by atoms with Crippen LogP contribution in [-0.4, -0.2) is 64.7 Å². The lowest BCUT2D eigenvalue weighted by Gasteiger charge is -2.32. The van der Waals surface area contributed by atoms with E-state index in [-0.39, 0.29) is 23.9 Å². The van der Waals surface area contributed by atoms with E-state index in [1.807, 2.05) is 6.92 Å². The van der Waals surface area contributed by atoms with E-state index >= 15 is 0 Å². The van der Waals surface area contributed by atoms with Crippen LogP contribution in [0.4, 0.5) is 5.69 Å². The fourth-order valence-electron chi connectivity index (χ4n) is 3.54. The van der Waals surface area contributed by atoms with E-state index in [1.165, 1.54) is 25.2 Å². The number of carbonyl (C=O) groups is 2. The van der Waals surface area contributed by atoms with Gasteiger partial charge in [0.2, 0.25) is 21.8 Å². The fraction of sp³-hybridized carbons (Fsp3) is 0.440. The second kappa shape index (κ2) is 13.7. The molecule has 2 aromatic carbocycles. The number of unbranched alkanes of at least 4 members (excludes halogenated alkanes) is 1. The first kappa shape index (κ1) is 30.5. The number of hydrogen-bond acceptors (Lipinski definition) is 6. The quantitative estimate of drug-likeness (QED) is 0.361. The molecule has 0 saturated carbocycles. The number of amides is 2. The second-order valence-electron chi connectivity index (χ2n) is 8.40. The number of halogens is 2. The minimum Gasteiger partial charge on any atom is -0.497 e. The average molecular weight is 575 g/mol. The average Bonchev–Trinajstić information content (AvgIpc) is 2.86. The van der Waals surface area contributed by atoms with E-state index in [9.17, 15) is 18.0 Å². The van der Waals surface area contributed by atoms with E-state index in [0.29, 0.717) is 27.9 Å². The monoisotopic (exact) mass is 573 g/mol. The van der Waals surface area contributed by atoms with Gasteiger partial charge in [-0.2, -0.15) is 0 Å². The molecule has 2 rings (SSSR count). The Hall–Kier alpha value is -2.69. The summed E-state index contributed by atoms with van der Waals surface area (Å²) in [6.07, 6.45) is 2.67. The van der Waals surface area contributed by atoms with Crippen molar-refractivity contribution in [2.75, 3.05) is 37.9 Å². The zero-order valence-electron chi connectivity index (χ0n) is 21.6. The highest BCUT2D eigenvalue weighted by atomic mass is 35.5. The Kier molecular flexibility index (Phi) is 11.3. The predicted molar refractivity (Wildman–Crippen MR) is 146 cm³/mol. The van der Waals surface area contributed by atoms with Crippen LogP contribution in [0.25, 0.3) is 0 Å². The topological polar surface area (TPSA) is 105 Å². The van der Waals surface area contributed by atoms with Gasteiger partial charge in [0.1, 0.15) is 24.1 Å². The van der Waals surface area contributed by atoms with E-state index in [4.69, 9.17) is 32.7 Å². The maximum Gasteiger partial charge on any atom is 0.244 e. The molecule has 0 aromatic heterocycles. The SMILES string of the molecule is CCCCNC(=O)[C@@H](C)N(Cc1ccc(Cl)c(Cl)c1)C(=O)CN(c1cc(OC)ccc1OC)S(C)(=O)=O. The summed E-state index contributed by atoms with van der Waals surface area (Å²) in [4.78, 5) is 27.9. The molecule has 1 atom stereocenters. The van der Waals surface area contributed by atoms with Crippen LogP contribution < -0.4 is 19.1 Å². The van der Waals surface area contributed by atoms with Crippen LogP contribution in [0.2, 0.25) is 10.0 Å². The van der Waals surface area contributed by atoms with Gasteiger partial charge in [0, 0.05) is 19.2 Å². The zero-order valence-corrected chi connectivity index (χ0v) is 23.9. The van der Waals surface area contributed by atoms with Gasteiger partial charge in [-0.15, -0.1) is 0 Å². The Morgan fingerprint density at radius 1 is 1.05 bits per heavy atom. The molecule has 0 aliphatic rings. The maximum absolute atomic E-state index is 13.7. The summed E-state index contributed by atoms with van der Waals surface area (Å²) in [5.74, 6) is -0.333. The molecule has 0 aliphatic heterocycles. The Morgan fingerprint density at radius 3 is 2.32 bits per heavy atom. The number of carbonyl (C=O) groups excluding carboxylic acids is 2. The number of benzene rings is 2. The molecule has 0 spiro atoms. The first-order valence-electron chi connectivity index (χ1n) is 11.6. The van der Waals surface area contributed by atoms with Gasteiger partial charge in [0.15, 0.2) is 0 Å². The third-order valence-corrected chi connectivity index (χ3v) is 7.53. The van der Waals surface area contributed by atoms with Crippen LogP contribution in [0.1, 0.15) is 32.3 Å². The molecule has 0 bridgehead atoms. The van der Waals surface area contributed by atoms with Gasteiger partial charge in [-0.25, -0.2) is 8.42 Å². The Bertz CT molecular complexity index is 1210. The number of methoxy groups -OCH3 is 2. The lowest BCUT2D eigenvalue weighted by Crippen LogP contribution is -2.51. The van der Waals surface area contributed by atoms with Crippen LogP contribution in [0.5, 0.6) is 11.5 Å². The normalized spacial score (nSPS) is 12.0. The fourth-order valence-corrected chi connectivity index (χ4v) is 4.71. The molecule has 0 unspecified atom stereocenters. The molecule has 0 heterocycles. The largest absolute Gasteiger partial charge is 0.497 e. The van der Waals surface area contributed by atoms with Gasteiger partial charge < -0.3 is 19.7 Å². The van der Waals surface area contributed by atoms with Crippen LogP contribution in [0.3, 0.4) is 0 Å². The number of sulfonamides is 1. The van der Waals surface area contributed by atoms with Gasteiger partial charge >= 0.3 is 0 Å². The summed E-state index contributed by atoms with van der Waals surface area (Å²) >= 11 is 12.2. The highest BCUT2D eigenvalue weighted by Gasteiger charge is 2.31. The molecule has 9 nitrogen and oxygen atoms in total. The number of nitrogens with one attached hydrogen (secondary N) is 1. The number of hydrogen-bond donors (Lipinski definition) is 1. The van der Waals surface area contributed by atoms with Crippen molar-refractivity contribution in [1.82, 2.24) is 10.2 Å². The van der Waals surface area contributed by atoms with Crippen molar-refractivity contribution in [1.29, 1.82) is 0 Å². The molecule has 0 radical (unpaired) electrons. The number of ether oxygens (including phenoxy) is 2. The zero-order chi connectivity index (χ0) is 27.8. The van der Waals surface area contributed by atoms with Gasteiger partial charge in [-0.3, -0.25) is 13.9 Å². The van der Waals surface area contributed by atoms with Gasteiger partial charge in [0.25, 0.3) is 0 Å². The van der Waals surface area contributed by atoms with Crippen molar-refractivity contribution in [3.63, 3.8) is 0 Å². The molecule has 0 aliphatic carbocycles. The smallest absolute Gasteiger partial charge is 0.244 e. The Labute approximate surface area is 228 Å². The molecular weight excluding hydrogens is 541 g/mol. The minimum absolute atomic E-state index is 0.00490. The summed E-state index contributed by atoms with van der Waals surface area (Å²) in [5, 5.41) is 3.47. The van der Waals surface area contributed by atoms with E-state index < -0.39 is 28.5 Å². The predicted octanol–water partition coefficient (Wildman–Crippen LogP) is 4.11. The molecule has 2 amide bonds. The Morgan fingerprint density at radius 2 is 1.76 bits per heavy atom. The van der Waals surface area contributed by atoms with Gasteiger partial charge in [-0.05, 0) is 43.2 Å². The van der Waals surface area contributed by atoms with Crippen LogP contribution in [-0.2, 0) is 26.2 Å². The summed E-state index contributed by atoms with van der Waals surface area (Å²) in [7, 11) is -1.10. The standard InChI is InChI=1S/C25H33Cl2N3O6S/c1-6-7-12-28-25(32)17(2)29(15-18-8-10-20(26)21(27)13-18)24(31)16-30(37(5,33)34)22-14-19(35-3)9-11-23(22)36-4/h8-11,13-14,17H,6-7,12,15-16H2,1-5H3,(H,28,32)/t17-/m1/s1. The summed E-state index contributed by atoms with van der Waals surface area (Å²) in [6.45, 7) is 3.49. The third-order valence-electron chi connectivity index (χ3n) is 5.67. The maximum atomic E-state index is 13.7. The lowest BCUT2D eigenvalue weighted by atomic mass is 10.1. The highest BCUT2D eigenvalue weighted by Crippen LogP contribution is 2.34. The van der Waals surface area contributed by atoms with Gasteiger partial charge in [-0.1, -0.05) is 42.6 Å². The van der Waals surface area contributed by atoms with Crippen molar-refractivity contribution >= 4 is 50.7 Å². The minimum atomic E-state index is -3.94. The number of anilines is 1. The van der Waals surface area contributed by atoms with E-state index in [0.717, 1.165) is 23.4 Å². The van der Waals surface area contributed by atoms with Gasteiger partial charge in [0.05, 0.1) is 36.2 Å². The van der Waals surface area contributed by atoms with Crippen LogP contribution in [0.15, 0.2) is 36.4 Å². The van der Waals surface area contributed by atoms with E-state index in [1.54, 1.807) is 37.3 Å². The summed E-state index contributed by atoms with van der Waals surface area (Å²) in [6, 6.07) is 8.63. The number of rotatable bonds is 13. The molecular formula is C25H33Cl2N3O6S. The number of nitrogens with zero attached hydrogens (tertiary/aromatic N) is 2. The molecule has 37 heavy (non-hydrogen) atoms. The second-order valence-corrected chi connectivity index (χ2v) is 11.1. The molecule has 204 valence electrons. The third kappa shape index (κ3) is 8.41. The lowest BCUT2D eigenvalue weighted by molar-refractivity contribution is -0.139. The van der Waals surface area contributed by atoms with Crippen LogP contribution >= 0.6 is 23.2 Å². The Balaban J connectivity index is 2.47. The van der Waals surface area contributed by atoms with Crippen molar-refractivity contribution in [2.45, 2.75) is 39.3 Å². The highest BCUT2D eigenvalue weighted by molar-refractivity contribution is 7.92. The molecule has 0 fully saturated rings. The van der Waals surface area contributed by atoms with Crippen molar-refractivity contribution in [3.8, 4) is 11.5 Å². The molecule has 12 heteroatoms. The van der Waals surface area contributed by atoms with Crippen molar-refractivity contribution in [2.24, 2.45) is 0 Å². The molecule has 2 aromatic rings. The molecule has 1 N–H and O–H groups in total. The van der Waals surface area contributed by atoms with Crippen LogP contribution in [0, 0.1) is 0 Å². The first-order valence-corrected chi connectivity index (χ1v) is 14.2. The molecule has 0 saturated heterocycles. The summed E-state index contributed by atoms with van der Waals surface area (Å²) < 4.78 is 37.2. The van der Waals surface area contributed by atoms with E-state index in [2.05, 4.69) is 5.32 Å². The summed E-state index contributed by atoms with van der Waals surface area (Å²) in [5.41, 5.74) is 0.757.